The summed E-state index contributed by atoms with van der Waals surface area (Å²) in [5.74, 6) is 0.809. The molecule has 11 heteroatoms. The van der Waals surface area contributed by atoms with Crippen LogP contribution < -0.4 is 10.1 Å². The van der Waals surface area contributed by atoms with Gasteiger partial charge >= 0.3 is 0 Å². The van der Waals surface area contributed by atoms with Gasteiger partial charge in [0.15, 0.2) is 5.65 Å². The maximum Gasteiger partial charge on any atom is 0.229 e. The average molecular weight is 525 g/mol. The topological polar surface area (TPSA) is 94.4 Å². The third kappa shape index (κ3) is 5.95. The number of nitrogens with one attached hydrogen (secondary N) is 1. The summed E-state index contributed by atoms with van der Waals surface area (Å²) in [5, 5.41) is 3.61. The minimum atomic E-state index is -1.61. The van der Waals surface area contributed by atoms with E-state index in [1.54, 1.807) is 6.20 Å². The number of anilines is 2. The summed E-state index contributed by atoms with van der Waals surface area (Å²) in [7, 11) is 2.39. The highest BCUT2D eigenvalue weighted by atomic mass is 32.2. The van der Waals surface area contributed by atoms with Gasteiger partial charge in [0.2, 0.25) is 11.1 Å². The Morgan fingerprint density at radius 2 is 1.84 bits per heavy atom. The second-order valence-corrected chi connectivity index (χ2v) is 10.4. The number of fused-ring (bicyclic) bond motifs is 1. The number of halogens is 1. The first-order valence-corrected chi connectivity index (χ1v) is 13.3. The van der Waals surface area contributed by atoms with E-state index in [0.717, 1.165) is 30.8 Å². The average Bonchev–Trinajstić information content (AvgIpc) is 3.29. The molecule has 0 spiro atoms. The van der Waals surface area contributed by atoms with Crippen LogP contribution in [0.25, 0.3) is 11.2 Å². The molecule has 9 nitrogen and oxygen atoms in total. The van der Waals surface area contributed by atoms with Crippen molar-refractivity contribution < 1.29 is 18.1 Å². The Morgan fingerprint density at radius 1 is 1.11 bits per heavy atom. The zero-order valence-corrected chi connectivity index (χ0v) is 21.6. The van der Waals surface area contributed by atoms with Crippen molar-refractivity contribution in [3.63, 3.8) is 0 Å². The van der Waals surface area contributed by atoms with Crippen molar-refractivity contribution >= 4 is 33.6 Å². The van der Waals surface area contributed by atoms with E-state index >= 15 is 0 Å². The highest BCUT2D eigenvalue weighted by Crippen LogP contribution is 2.31. The fourth-order valence-electron chi connectivity index (χ4n) is 4.11. The minimum Gasteiger partial charge on any atom is -0.492 e. The summed E-state index contributed by atoms with van der Waals surface area (Å²) in [6.07, 6.45) is 3.13. The van der Waals surface area contributed by atoms with Crippen LogP contribution in [0.15, 0.2) is 64.8 Å². The number of hydrogen-bond acceptors (Lipinski definition) is 8. The summed E-state index contributed by atoms with van der Waals surface area (Å²) in [6, 6.07) is 13.3. The fraction of sp³-hybridized carbons (Fsp3) is 0.346. The molecule has 194 valence electrons. The first-order valence-electron chi connectivity index (χ1n) is 12.1. The Bertz CT molecular complexity index is 1370. The second-order valence-electron chi connectivity index (χ2n) is 9.03. The van der Waals surface area contributed by atoms with Crippen LogP contribution in [0.5, 0.6) is 5.75 Å². The molecule has 1 atom stereocenters. The Labute approximate surface area is 217 Å². The standard InChI is InChI=1S/C26H29FN6O3S/c1-32(2)13-16-36-21-7-5-19(6-8-21)29-25-28-17-23-24(31-25)33(20-11-14-35-15-12-20)26(30-23)37(34)22-9-3-18(27)4-10-22/h3-10,17,20H,11-16H2,1-2H3,(H,28,29,31). The van der Waals surface area contributed by atoms with E-state index in [-0.39, 0.29) is 11.9 Å². The molecule has 1 aliphatic rings. The monoisotopic (exact) mass is 524 g/mol. The number of aromatic nitrogens is 4. The van der Waals surface area contributed by atoms with E-state index in [1.165, 1.54) is 24.3 Å². The molecule has 37 heavy (non-hydrogen) atoms. The molecule has 0 bridgehead atoms. The van der Waals surface area contributed by atoms with Crippen molar-refractivity contribution in [3.05, 3.63) is 60.5 Å². The van der Waals surface area contributed by atoms with Gasteiger partial charge in [-0.2, -0.15) is 4.98 Å². The lowest BCUT2D eigenvalue weighted by Crippen LogP contribution is -2.22. The van der Waals surface area contributed by atoms with Crippen LogP contribution >= 0.6 is 0 Å². The van der Waals surface area contributed by atoms with Gasteiger partial charge in [0, 0.05) is 36.4 Å². The molecule has 0 aliphatic carbocycles. The van der Waals surface area contributed by atoms with E-state index < -0.39 is 10.8 Å². The van der Waals surface area contributed by atoms with E-state index in [4.69, 9.17) is 14.5 Å². The van der Waals surface area contributed by atoms with Crippen LogP contribution in [0.1, 0.15) is 18.9 Å². The third-order valence-corrected chi connectivity index (χ3v) is 7.39. The molecule has 1 aliphatic heterocycles. The van der Waals surface area contributed by atoms with Crippen LogP contribution in [-0.4, -0.2) is 69.1 Å². The fourth-order valence-corrected chi connectivity index (χ4v) is 5.30. The van der Waals surface area contributed by atoms with Gasteiger partial charge in [-0.1, -0.05) is 0 Å². The number of rotatable bonds is 9. The Kier molecular flexibility index (Phi) is 7.73. The van der Waals surface area contributed by atoms with Gasteiger partial charge in [0.25, 0.3) is 0 Å². The number of nitrogens with zero attached hydrogens (tertiary/aromatic N) is 5. The van der Waals surface area contributed by atoms with Gasteiger partial charge in [-0.3, -0.25) is 4.57 Å². The molecule has 0 saturated carbocycles. The van der Waals surface area contributed by atoms with Gasteiger partial charge in [0.1, 0.15) is 34.5 Å². The molecule has 2 aromatic heterocycles. The first kappa shape index (κ1) is 25.2. The van der Waals surface area contributed by atoms with Crippen LogP contribution in [0, 0.1) is 5.82 Å². The van der Waals surface area contributed by atoms with Gasteiger partial charge < -0.3 is 19.7 Å². The largest absolute Gasteiger partial charge is 0.492 e. The normalized spacial score (nSPS) is 15.2. The lowest BCUT2D eigenvalue weighted by Gasteiger charge is -2.25. The van der Waals surface area contributed by atoms with Crippen molar-refractivity contribution in [1.29, 1.82) is 0 Å². The number of ether oxygens (including phenoxy) is 2. The van der Waals surface area contributed by atoms with Crippen molar-refractivity contribution in [1.82, 2.24) is 24.4 Å². The summed E-state index contributed by atoms with van der Waals surface area (Å²) >= 11 is 0. The molecule has 2 aromatic carbocycles. The molecular weight excluding hydrogens is 495 g/mol. The summed E-state index contributed by atoms with van der Waals surface area (Å²) in [5.41, 5.74) is 1.96. The molecule has 5 rings (SSSR count). The number of imidazole rings is 1. The zero-order valence-electron chi connectivity index (χ0n) is 20.8. The minimum absolute atomic E-state index is 0.0273. The molecule has 4 aromatic rings. The van der Waals surface area contributed by atoms with Crippen LogP contribution in [0.3, 0.4) is 0 Å². The van der Waals surface area contributed by atoms with E-state index in [1.807, 2.05) is 42.9 Å². The first-order chi connectivity index (χ1) is 18.0. The quantitative estimate of drug-likeness (QED) is 0.349. The van der Waals surface area contributed by atoms with Crippen molar-refractivity contribution in [2.24, 2.45) is 0 Å². The summed E-state index contributed by atoms with van der Waals surface area (Å²) in [6.45, 7) is 2.65. The lowest BCUT2D eigenvalue weighted by atomic mass is 10.1. The van der Waals surface area contributed by atoms with E-state index in [0.29, 0.717) is 47.0 Å². The zero-order chi connectivity index (χ0) is 25.8. The van der Waals surface area contributed by atoms with Gasteiger partial charge in [-0.05, 0) is 75.5 Å². The van der Waals surface area contributed by atoms with E-state index in [9.17, 15) is 8.60 Å². The van der Waals surface area contributed by atoms with Gasteiger partial charge in [-0.25, -0.2) is 18.6 Å². The molecule has 1 fully saturated rings. The van der Waals surface area contributed by atoms with E-state index in [2.05, 4.69) is 20.2 Å². The molecule has 1 unspecified atom stereocenters. The molecule has 1 N–H and O–H groups in total. The van der Waals surface area contributed by atoms with Crippen LogP contribution in [0.2, 0.25) is 0 Å². The maximum atomic E-state index is 13.5. The predicted octanol–water partition coefficient (Wildman–Crippen LogP) is 4.17. The maximum absolute atomic E-state index is 13.5. The second kappa shape index (κ2) is 11.3. The molecule has 0 radical (unpaired) electrons. The summed E-state index contributed by atoms with van der Waals surface area (Å²) in [4.78, 5) is 16.4. The molecule has 1 saturated heterocycles. The van der Waals surface area contributed by atoms with Crippen molar-refractivity contribution in [3.8, 4) is 5.75 Å². The van der Waals surface area contributed by atoms with Crippen LogP contribution in [0.4, 0.5) is 16.0 Å². The SMILES string of the molecule is CN(C)CCOc1ccc(Nc2ncc3nc(S(=O)c4ccc(F)cc4)n(C4CCOCC4)c3n2)cc1. The van der Waals surface area contributed by atoms with Crippen molar-refractivity contribution in [2.45, 2.75) is 28.9 Å². The number of benzene rings is 2. The smallest absolute Gasteiger partial charge is 0.229 e. The van der Waals surface area contributed by atoms with Gasteiger partial charge in [0.05, 0.1) is 6.20 Å². The Morgan fingerprint density at radius 3 is 2.54 bits per heavy atom. The summed E-state index contributed by atoms with van der Waals surface area (Å²) < 4.78 is 40.2. The van der Waals surface area contributed by atoms with Gasteiger partial charge in [-0.15, -0.1) is 0 Å². The number of likely N-dealkylation sites (N-methyl/N-ethyl adjacent to an activating group) is 1. The Balaban J connectivity index is 1.43. The molecule has 3 heterocycles. The lowest BCUT2D eigenvalue weighted by molar-refractivity contribution is 0.0682. The molecule has 0 amide bonds. The third-order valence-electron chi connectivity index (χ3n) is 6.07. The number of hydrogen-bond donors (Lipinski definition) is 1. The highest BCUT2D eigenvalue weighted by molar-refractivity contribution is 7.85. The van der Waals surface area contributed by atoms with Crippen LogP contribution in [-0.2, 0) is 15.5 Å². The molecular formula is C26H29FN6O3S. The highest BCUT2D eigenvalue weighted by Gasteiger charge is 2.27. The Hall–Kier alpha value is -3.41. The predicted molar refractivity (Wildman–Crippen MR) is 139 cm³/mol. The van der Waals surface area contributed by atoms with Crippen molar-refractivity contribution in [2.75, 3.05) is 45.8 Å².